The van der Waals surface area contributed by atoms with Crippen LogP contribution in [0.4, 0.5) is 5.82 Å². The Labute approximate surface area is 130 Å². The second-order valence-electron chi connectivity index (χ2n) is 5.33. The van der Waals surface area contributed by atoms with Crippen LogP contribution in [0.15, 0.2) is 12.3 Å². The van der Waals surface area contributed by atoms with E-state index in [9.17, 15) is 4.79 Å². The van der Waals surface area contributed by atoms with E-state index in [-0.39, 0.29) is 5.91 Å². The summed E-state index contributed by atoms with van der Waals surface area (Å²) < 4.78 is 0. The molecule has 0 aromatic carbocycles. The van der Waals surface area contributed by atoms with Crippen molar-refractivity contribution in [3.8, 4) is 0 Å². The van der Waals surface area contributed by atoms with Crippen molar-refractivity contribution in [3.05, 3.63) is 23.4 Å². The molecule has 114 valence electrons. The van der Waals surface area contributed by atoms with Gasteiger partial charge in [-0.3, -0.25) is 4.79 Å². The van der Waals surface area contributed by atoms with Crippen LogP contribution in [0.3, 0.4) is 0 Å². The Bertz CT molecular complexity index is 526. The summed E-state index contributed by atoms with van der Waals surface area (Å²) >= 11 is 5.06. The molecule has 1 aliphatic rings. The molecule has 1 aliphatic heterocycles. The number of aryl methyl sites for hydroxylation is 1. The van der Waals surface area contributed by atoms with E-state index in [4.69, 9.17) is 18.0 Å². The van der Waals surface area contributed by atoms with Gasteiger partial charge in [0.15, 0.2) is 0 Å². The van der Waals surface area contributed by atoms with Crippen molar-refractivity contribution in [2.75, 3.05) is 25.0 Å². The topological polar surface area (TPSA) is 71.2 Å². The van der Waals surface area contributed by atoms with Gasteiger partial charge in [0.1, 0.15) is 10.8 Å². The van der Waals surface area contributed by atoms with Crippen LogP contribution in [-0.2, 0) is 4.79 Å². The fourth-order valence-electron chi connectivity index (χ4n) is 2.59. The SMILES string of the molecule is Cc1ccnc(NCCC(=O)N2CCCCC2)c1C(N)=S. The summed E-state index contributed by atoms with van der Waals surface area (Å²) in [5.74, 6) is 0.862. The molecular weight excluding hydrogens is 284 g/mol. The van der Waals surface area contributed by atoms with Crippen LogP contribution in [0.25, 0.3) is 0 Å². The lowest BCUT2D eigenvalue weighted by Crippen LogP contribution is -2.36. The maximum absolute atomic E-state index is 12.1. The lowest BCUT2D eigenvalue weighted by Gasteiger charge is -2.26. The molecule has 1 saturated heterocycles. The van der Waals surface area contributed by atoms with Gasteiger partial charge in [0.05, 0.1) is 5.56 Å². The van der Waals surface area contributed by atoms with Crippen molar-refractivity contribution >= 4 is 28.9 Å². The van der Waals surface area contributed by atoms with Gasteiger partial charge in [-0.2, -0.15) is 0 Å². The average molecular weight is 306 g/mol. The summed E-state index contributed by atoms with van der Waals surface area (Å²) in [5, 5.41) is 3.18. The van der Waals surface area contributed by atoms with Crippen molar-refractivity contribution < 1.29 is 4.79 Å². The molecule has 1 amide bonds. The predicted octanol–water partition coefficient (Wildman–Crippen LogP) is 1.84. The molecule has 0 unspecified atom stereocenters. The molecule has 2 rings (SSSR count). The quantitative estimate of drug-likeness (QED) is 0.812. The molecule has 5 nitrogen and oxygen atoms in total. The minimum atomic E-state index is 0.201. The normalized spacial score (nSPS) is 14.8. The van der Waals surface area contributed by atoms with Crippen LogP contribution in [0.5, 0.6) is 0 Å². The number of hydrogen-bond donors (Lipinski definition) is 2. The van der Waals surface area contributed by atoms with Crippen LogP contribution in [-0.4, -0.2) is 40.4 Å². The fraction of sp³-hybridized carbons (Fsp3) is 0.533. The lowest BCUT2D eigenvalue weighted by atomic mass is 10.1. The van der Waals surface area contributed by atoms with E-state index in [2.05, 4.69) is 10.3 Å². The highest BCUT2D eigenvalue weighted by atomic mass is 32.1. The van der Waals surface area contributed by atoms with Gasteiger partial charge in [-0.25, -0.2) is 4.98 Å². The van der Waals surface area contributed by atoms with Crippen molar-refractivity contribution in [3.63, 3.8) is 0 Å². The number of nitrogens with one attached hydrogen (secondary N) is 1. The second kappa shape index (κ2) is 7.36. The zero-order chi connectivity index (χ0) is 15.2. The van der Waals surface area contributed by atoms with Crippen LogP contribution >= 0.6 is 12.2 Å². The van der Waals surface area contributed by atoms with Gasteiger partial charge in [-0.1, -0.05) is 12.2 Å². The molecule has 3 N–H and O–H groups in total. The van der Waals surface area contributed by atoms with E-state index in [0.717, 1.165) is 37.1 Å². The summed E-state index contributed by atoms with van der Waals surface area (Å²) in [4.78, 5) is 18.6. The average Bonchev–Trinajstić information content (AvgIpc) is 2.47. The Morgan fingerprint density at radius 1 is 1.43 bits per heavy atom. The largest absolute Gasteiger partial charge is 0.389 e. The summed E-state index contributed by atoms with van der Waals surface area (Å²) in [6.07, 6.45) is 5.64. The minimum absolute atomic E-state index is 0.201. The Morgan fingerprint density at radius 2 is 2.14 bits per heavy atom. The van der Waals surface area contributed by atoms with Crippen molar-refractivity contribution in [1.82, 2.24) is 9.88 Å². The Morgan fingerprint density at radius 3 is 2.81 bits per heavy atom. The first-order valence-electron chi connectivity index (χ1n) is 7.36. The third-order valence-electron chi connectivity index (χ3n) is 3.75. The molecular formula is C15H22N4OS. The predicted molar refractivity (Wildman–Crippen MR) is 88.4 cm³/mol. The Balaban J connectivity index is 1.90. The maximum Gasteiger partial charge on any atom is 0.224 e. The molecule has 1 fully saturated rings. The number of carbonyl (C=O) groups is 1. The molecule has 1 aromatic rings. The first kappa shape index (κ1) is 15.7. The third kappa shape index (κ3) is 4.14. The summed E-state index contributed by atoms with van der Waals surface area (Å²) in [6, 6.07) is 1.87. The number of aromatic nitrogens is 1. The molecule has 0 aliphatic carbocycles. The zero-order valence-corrected chi connectivity index (χ0v) is 13.2. The Kier molecular flexibility index (Phi) is 5.50. The standard InChI is InChI=1S/C15H22N4OS/c1-11-5-7-17-15(13(11)14(16)21)18-8-6-12(20)19-9-3-2-4-10-19/h5,7H,2-4,6,8-10H2,1H3,(H2,16,21)(H,17,18). The van der Waals surface area contributed by atoms with E-state index >= 15 is 0 Å². The number of likely N-dealkylation sites (tertiary alicyclic amines) is 1. The number of nitrogens with two attached hydrogens (primary N) is 1. The van der Waals surface area contributed by atoms with E-state index in [1.807, 2.05) is 17.9 Å². The maximum atomic E-state index is 12.1. The first-order chi connectivity index (χ1) is 10.1. The van der Waals surface area contributed by atoms with Crippen LogP contribution in [0.1, 0.15) is 36.8 Å². The van der Waals surface area contributed by atoms with Gasteiger partial charge >= 0.3 is 0 Å². The molecule has 0 radical (unpaired) electrons. The van der Waals surface area contributed by atoms with Crippen LogP contribution in [0, 0.1) is 6.92 Å². The highest BCUT2D eigenvalue weighted by molar-refractivity contribution is 7.80. The number of nitrogens with zero attached hydrogens (tertiary/aromatic N) is 2. The van der Waals surface area contributed by atoms with E-state index < -0.39 is 0 Å². The smallest absolute Gasteiger partial charge is 0.224 e. The zero-order valence-electron chi connectivity index (χ0n) is 12.4. The lowest BCUT2D eigenvalue weighted by molar-refractivity contribution is -0.131. The fourth-order valence-corrected chi connectivity index (χ4v) is 2.85. The summed E-state index contributed by atoms with van der Waals surface area (Å²) in [6.45, 7) is 4.26. The molecule has 2 heterocycles. The molecule has 0 bridgehead atoms. The number of pyridine rings is 1. The first-order valence-corrected chi connectivity index (χ1v) is 7.77. The third-order valence-corrected chi connectivity index (χ3v) is 3.95. The number of rotatable bonds is 5. The van der Waals surface area contributed by atoms with Crippen LogP contribution in [0.2, 0.25) is 0 Å². The van der Waals surface area contributed by atoms with Crippen molar-refractivity contribution in [1.29, 1.82) is 0 Å². The highest BCUT2D eigenvalue weighted by Crippen LogP contribution is 2.16. The van der Waals surface area contributed by atoms with E-state index in [1.54, 1.807) is 6.20 Å². The minimum Gasteiger partial charge on any atom is -0.389 e. The van der Waals surface area contributed by atoms with Crippen molar-refractivity contribution in [2.45, 2.75) is 32.6 Å². The summed E-state index contributed by atoms with van der Waals surface area (Å²) in [7, 11) is 0. The number of thiocarbonyl (C=S) groups is 1. The van der Waals surface area contributed by atoms with Gasteiger partial charge in [0, 0.05) is 32.3 Å². The van der Waals surface area contributed by atoms with Crippen LogP contribution < -0.4 is 11.1 Å². The monoisotopic (exact) mass is 306 g/mol. The number of carbonyl (C=O) groups excluding carboxylic acids is 1. The number of amides is 1. The summed E-state index contributed by atoms with van der Waals surface area (Å²) in [5.41, 5.74) is 7.49. The molecule has 0 saturated carbocycles. The molecule has 0 atom stereocenters. The molecule has 21 heavy (non-hydrogen) atoms. The van der Waals surface area contributed by atoms with Gasteiger partial charge in [-0.15, -0.1) is 0 Å². The molecule has 0 spiro atoms. The molecule has 1 aromatic heterocycles. The van der Waals surface area contributed by atoms with Gasteiger partial charge in [0.25, 0.3) is 0 Å². The molecule has 6 heteroatoms. The number of anilines is 1. The van der Waals surface area contributed by atoms with Gasteiger partial charge in [-0.05, 0) is 37.8 Å². The number of hydrogen-bond acceptors (Lipinski definition) is 4. The highest BCUT2D eigenvalue weighted by Gasteiger charge is 2.16. The second-order valence-corrected chi connectivity index (χ2v) is 5.77. The van der Waals surface area contributed by atoms with Gasteiger partial charge in [0.2, 0.25) is 5.91 Å². The Hall–Kier alpha value is -1.69. The van der Waals surface area contributed by atoms with Gasteiger partial charge < -0.3 is 16.0 Å². The van der Waals surface area contributed by atoms with E-state index in [0.29, 0.717) is 23.8 Å². The van der Waals surface area contributed by atoms with Crippen molar-refractivity contribution in [2.24, 2.45) is 5.73 Å². The van der Waals surface area contributed by atoms with E-state index in [1.165, 1.54) is 6.42 Å². The number of piperidine rings is 1.